The SMILES string of the molecule is O=C(c1ccc2[nH]nc(C#Cc3ccccc3-c3ccncc3)c2c1)N1CC2(CCCNC2)C1. The largest absolute Gasteiger partial charge is 0.337 e. The predicted molar refractivity (Wildman–Crippen MR) is 132 cm³/mol. The van der Waals surface area contributed by atoms with E-state index in [1.165, 1.54) is 12.8 Å². The Balaban J connectivity index is 1.27. The molecule has 2 aromatic heterocycles. The van der Waals surface area contributed by atoms with Crippen LogP contribution < -0.4 is 5.32 Å². The molecule has 0 aliphatic carbocycles. The first-order valence-electron chi connectivity index (χ1n) is 11.7. The van der Waals surface area contributed by atoms with Crippen molar-refractivity contribution in [3.8, 4) is 23.0 Å². The van der Waals surface area contributed by atoms with Gasteiger partial charge in [0.2, 0.25) is 0 Å². The number of hydrogen-bond donors (Lipinski definition) is 2. The van der Waals surface area contributed by atoms with E-state index in [0.717, 1.165) is 53.8 Å². The Hall–Kier alpha value is -3.95. The summed E-state index contributed by atoms with van der Waals surface area (Å²) in [6, 6.07) is 17.7. The Bertz CT molecular complexity index is 1420. The summed E-state index contributed by atoms with van der Waals surface area (Å²) in [6.45, 7) is 3.77. The molecular weight excluding hydrogens is 422 g/mol. The fourth-order valence-corrected chi connectivity index (χ4v) is 5.13. The van der Waals surface area contributed by atoms with Gasteiger partial charge in [-0.25, -0.2) is 0 Å². The Morgan fingerprint density at radius 2 is 1.88 bits per heavy atom. The Labute approximate surface area is 198 Å². The quantitative estimate of drug-likeness (QED) is 0.458. The molecule has 2 saturated heterocycles. The number of rotatable bonds is 2. The van der Waals surface area contributed by atoms with Crippen LogP contribution in [0.5, 0.6) is 0 Å². The molecule has 6 rings (SSSR count). The number of aromatic amines is 1. The van der Waals surface area contributed by atoms with E-state index < -0.39 is 0 Å². The summed E-state index contributed by atoms with van der Waals surface area (Å²) in [7, 11) is 0. The van der Waals surface area contributed by atoms with Crippen LogP contribution in [0.25, 0.3) is 22.0 Å². The average molecular weight is 448 g/mol. The number of carbonyl (C=O) groups is 1. The van der Waals surface area contributed by atoms with Gasteiger partial charge in [-0.15, -0.1) is 0 Å². The fraction of sp³-hybridized carbons (Fsp3) is 0.250. The molecule has 0 unspecified atom stereocenters. The number of piperidine rings is 1. The first-order chi connectivity index (χ1) is 16.7. The van der Waals surface area contributed by atoms with Gasteiger partial charge in [0.05, 0.1) is 5.52 Å². The molecule has 0 radical (unpaired) electrons. The molecule has 2 aliphatic heterocycles. The summed E-state index contributed by atoms with van der Waals surface area (Å²) in [4.78, 5) is 19.2. The molecule has 168 valence electrons. The number of aromatic nitrogens is 3. The van der Waals surface area contributed by atoms with Crippen molar-refractivity contribution in [1.29, 1.82) is 0 Å². The van der Waals surface area contributed by atoms with Gasteiger partial charge in [-0.1, -0.05) is 24.1 Å². The predicted octanol–water partition coefficient (Wildman–Crippen LogP) is 3.85. The van der Waals surface area contributed by atoms with E-state index in [1.54, 1.807) is 12.4 Å². The minimum Gasteiger partial charge on any atom is -0.337 e. The Kier molecular flexibility index (Phi) is 5.12. The molecule has 1 spiro atoms. The van der Waals surface area contributed by atoms with E-state index in [9.17, 15) is 4.79 Å². The monoisotopic (exact) mass is 447 g/mol. The van der Waals surface area contributed by atoms with E-state index in [1.807, 2.05) is 53.4 Å². The molecule has 2 fully saturated rings. The lowest BCUT2D eigenvalue weighted by Crippen LogP contribution is -2.63. The molecule has 0 saturated carbocycles. The molecule has 4 heterocycles. The highest BCUT2D eigenvalue weighted by Gasteiger charge is 2.45. The van der Waals surface area contributed by atoms with E-state index in [0.29, 0.717) is 11.3 Å². The van der Waals surface area contributed by atoms with Crippen LogP contribution in [-0.2, 0) is 0 Å². The number of benzene rings is 2. The Morgan fingerprint density at radius 3 is 2.71 bits per heavy atom. The van der Waals surface area contributed by atoms with E-state index >= 15 is 0 Å². The third-order valence-corrected chi connectivity index (χ3v) is 6.94. The van der Waals surface area contributed by atoms with Crippen LogP contribution in [0.4, 0.5) is 0 Å². The average Bonchev–Trinajstić information content (AvgIpc) is 3.29. The molecule has 34 heavy (non-hydrogen) atoms. The van der Waals surface area contributed by atoms with Gasteiger partial charge in [-0.2, -0.15) is 5.10 Å². The summed E-state index contributed by atoms with van der Waals surface area (Å²) in [5.74, 6) is 6.59. The van der Waals surface area contributed by atoms with Crippen molar-refractivity contribution in [1.82, 2.24) is 25.4 Å². The molecule has 1 amide bonds. The van der Waals surface area contributed by atoms with Gasteiger partial charge in [0.1, 0.15) is 5.69 Å². The van der Waals surface area contributed by atoms with Crippen LogP contribution in [-0.4, -0.2) is 52.2 Å². The highest BCUT2D eigenvalue weighted by Crippen LogP contribution is 2.37. The second-order valence-electron chi connectivity index (χ2n) is 9.31. The molecule has 6 heteroatoms. The molecule has 6 nitrogen and oxygen atoms in total. The molecular formula is C28H25N5O. The maximum Gasteiger partial charge on any atom is 0.253 e. The third-order valence-electron chi connectivity index (χ3n) is 6.94. The van der Waals surface area contributed by atoms with Crippen molar-refractivity contribution in [2.24, 2.45) is 5.41 Å². The molecule has 0 atom stereocenters. The Morgan fingerprint density at radius 1 is 1.03 bits per heavy atom. The number of carbonyl (C=O) groups excluding carboxylic acids is 1. The number of likely N-dealkylation sites (tertiary alicyclic amines) is 1. The molecule has 2 aliphatic rings. The van der Waals surface area contributed by atoms with Crippen molar-refractivity contribution in [2.45, 2.75) is 12.8 Å². The van der Waals surface area contributed by atoms with Crippen LogP contribution in [0.15, 0.2) is 67.0 Å². The molecule has 4 aromatic rings. The number of H-pyrrole nitrogens is 1. The smallest absolute Gasteiger partial charge is 0.253 e. The molecule has 0 bridgehead atoms. The summed E-state index contributed by atoms with van der Waals surface area (Å²) in [5, 5.41) is 11.8. The molecule has 2 N–H and O–H groups in total. The van der Waals surface area contributed by atoms with Crippen LogP contribution >= 0.6 is 0 Å². The van der Waals surface area contributed by atoms with Crippen molar-refractivity contribution >= 4 is 16.8 Å². The highest BCUT2D eigenvalue weighted by molar-refractivity contribution is 5.99. The molecule has 2 aromatic carbocycles. The van der Waals surface area contributed by atoms with Crippen LogP contribution in [0.3, 0.4) is 0 Å². The van der Waals surface area contributed by atoms with Crippen LogP contribution in [0, 0.1) is 17.3 Å². The van der Waals surface area contributed by atoms with Gasteiger partial charge >= 0.3 is 0 Å². The van der Waals surface area contributed by atoms with Crippen LogP contribution in [0.1, 0.15) is 34.5 Å². The number of nitrogens with one attached hydrogen (secondary N) is 2. The maximum absolute atomic E-state index is 13.1. The third kappa shape index (κ3) is 3.74. The second-order valence-corrected chi connectivity index (χ2v) is 9.31. The zero-order valence-corrected chi connectivity index (χ0v) is 18.8. The van der Waals surface area contributed by atoms with Gasteiger partial charge in [-0.05, 0) is 72.8 Å². The minimum absolute atomic E-state index is 0.0845. The number of amides is 1. The lowest BCUT2D eigenvalue weighted by Gasteiger charge is -2.52. The van der Waals surface area contributed by atoms with Gasteiger partial charge in [0, 0.05) is 54.0 Å². The standard InChI is InChI=1S/C28H25N5O/c34-27(33-18-28(19-33)12-3-13-30-17-28)22-7-9-26-24(16-22)25(31-32-26)8-6-20-4-1-2-5-23(20)21-10-14-29-15-11-21/h1-2,4-5,7,9-11,14-16,30H,3,12-13,17-19H2,(H,31,32). The van der Waals surface area contributed by atoms with E-state index in [4.69, 9.17) is 0 Å². The van der Waals surface area contributed by atoms with Gasteiger partial charge in [-0.3, -0.25) is 14.9 Å². The zero-order valence-electron chi connectivity index (χ0n) is 18.8. The summed E-state index contributed by atoms with van der Waals surface area (Å²) in [6.07, 6.45) is 5.95. The lowest BCUT2D eigenvalue weighted by atomic mass is 9.74. The number of fused-ring (bicyclic) bond motifs is 1. The van der Waals surface area contributed by atoms with E-state index in [2.05, 4.69) is 38.4 Å². The summed E-state index contributed by atoms with van der Waals surface area (Å²) >= 11 is 0. The van der Waals surface area contributed by atoms with Crippen LogP contribution in [0.2, 0.25) is 0 Å². The second kappa shape index (κ2) is 8.44. The van der Waals surface area contributed by atoms with Crippen molar-refractivity contribution in [2.75, 3.05) is 26.2 Å². The number of hydrogen-bond acceptors (Lipinski definition) is 4. The van der Waals surface area contributed by atoms with Gasteiger partial charge in [0.15, 0.2) is 0 Å². The summed E-state index contributed by atoms with van der Waals surface area (Å²) in [5.41, 5.74) is 5.52. The van der Waals surface area contributed by atoms with Gasteiger partial charge < -0.3 is 10.2 Å². The number of pyridine rings is 1. The lowest BCUT2D eigenvalue weighted by molar-refractivity contribution is -0.00721. The topological polar surface area (TPSA) is 73.9 Å². The normalized spacial score (nSPS) is 16.6. The maximum atomic E-state index is 13.1. The minimum atomic E-state index is 0.0845. The highest BCUT2D eigenvalue weighted by atomic mass is 16.2. The fourth-order valence-electron chi connectivity index (χ4n) is 5.13. The van der Waals surface area contributed by atoms with Crippen molar-refractivity contribution in [3.05, 3.63) is 83.8 Å². The van der Waals surface area contributed by atoms with E-state index in [-0.39, 0.29) is 11.3 Å². The van der Waals surface area contributed by atoms with Gasteiger partial charge in [0.25, 0.3) is 5.91 Å². The van der Waals surface area contributed by atoms with Crippen molar-refractivity contribution < 1.29 is 4.79 Å². The first kappa shape index (κ1) is 20.6. The van der Waals surface area contributed by atoms with Crippen molar-refractivity contribution in [3.63, 3.8) is 0 Å². The zero-order chi connectivity index (χ0) is 23.0. The first-order valence-corrected chi connectivity index (χ1v) is 11.7. The summed E-state index contributed by atoms with van der Waals surface area (Å²) < 4.78 is 0. The number of nitrogens with zero attached hydrogens (tertiary/aromatic N) is 3.